The first-order valence-electron chi connectivity index (χ1n) is 7.06. The molecule has 2 aromatic rings. The van der Waals surface area contributed by atoms with Crippen molar-refractivity contribution >= 4 is 11.9 Å². The lowest BCUT2D eigenvalue weighted by atomic mass is 10.0. The van der Waals surface area contributed by atoms with Gasteiger partial charge in [0.2, 0.25) is 5.95 Å². The molecule has 0 spiro atoms. The van der Waals surface area contributed by atoms with Gasteiger partial charge in [0.05, 0.1) is 0 Å². The van der Waals surface area contributed by atoms with E-state index in [9.17, 15) is 4.79 Å². The van der Waals surface area contributed by atoms with Crippen LogP contribution in [0.4, 0.5) is 5.95 Å². The average molecular weight is 283 g/mol. The summed E-state index contributed by atoms with van der Waals surface area (Å²) < 4.78 is 0. The fourth-order valence-electron chi connectivity index (χ4n) is 2.46. The van der Waals surface area contributed by atoms with Crippen LogP contribution in [0.1, 0.15) is 23.2 Å². The molecule has 0 aromatic carbocycles. The standard InChI is InChI=1S/C15H17N5O/c21-14(12-2-8-16-9-3-12)20-10-4-13(5-11-20)19-15-17-6-1-7-18-15/h1-3,6-9,13H,4-5,10-11H2,(H,17,18,19). The normalized spacial score (nSPS) is 15.7. The fraction of sp³-hybridized carbons (Fsp3) is 0.333. The van der Waals surface area contributed by atoms with Gasteiger partial charge in [-0.25, -0.2) is 9.97 Å². The minimum absolute atomic E-state index is 0.0758. The second-order valence-electron chi connectivity index (χ2n) is 5.02. The summed E-state index contributed by atoms with van der Waals surface area (Å²) in [6.45, 7) is 1.48. The van der Waals surface area contributed by atoms with Crippen LogP contribution in [0.5, 0.6) is 0 Å². The molecule has 1 amide bonds. The lowest BCUT2D eigenvalue weighted by Gasteiger charge is -2.32. The molecule has 108 valence electrons. The first kappa shape index (κ1) is 13.5. The molecule has 3 rings (SSSR count). The molecule has 1 aliphatic heterocycles. The van der Waals surface area contributed by atoms with Crippen molar-refractivity contribution in [1.82, 2.24) is 19.9 Å². The minimum Gasteiger partial charge on any atom is -0.351 e. The average Bonchev–Trinajstić information content (AvgIpc) is 2.57. The summed E-state index contributed by atoms with van der Waals surface area (Å²) in [6.07, 6.45) is 8.53. The van der Waals surface area contributed by atoms with Crippen molar-refractivity contribution in [3.63, 3.8) is 0 Å². The van der Waals surface area contributed by atoms with Crippen molar-refractivity contribution in [1.29, 1.82) is 0 Å². The minimum atomic E-state index is 0.0758. The molecule has 1 aliphatic rings. The molecule has 0 saturated carbocycles. The molecule has 0 bridgehead atoms. The Morgan fingerprint density at radius 2 is 1.76 bits per heavy atom. The number of nitrogens with zero attached hydrogens (tertiary/aromatic N) is 4. The molecule has 1 saturated heterocycles. The lowest BCUT2D eigenvalue weighted by Crippen LogP contribution is -2.42. The number of nitrogens with one attached hydrogen (secondary N) is 1. The predicted octanol–water partition coefficient (Wildman–Crippen LogP) is 1.59. The maximum Gasteiger partial charge on any atom is 0.253 e. The van der Waals surface area contributed by atoms with Crippen LogP contribution in [0.25, 0.3) is 0 Å². The highest BCUT2D eigenvalue weighted by Gasteiger charge is 2.23. The van der Waals surface area contributed by atoms with Crippen molar-refractivity contribution in [2.75, 3.05) is 18.4 Å². The maximum atomic E-state index is 12.3. The highest BCUT2D eigenvalue weighted by Crippen LogP contribution is 2.16. The third-order valence-corrected chi connectivity index (χ3v) is 3.61. The molecule has 0 aliphatic carbocycles. The highest BCUT2D eigenvalue weighted by atomic mass is 16.2. The molecular formula is C15H17N5O. The number of hydrogen-bond acceptors (Lipinski definition) is 5. The Bertz CT molecular complexity index is 582. The quantitative estimate of drug-likeness (QED) is 0.926. The summed E-state index contributed by atoms with van der Waals surface area (Å²) in [5, 5.41) is 3.31. The Morgan fingerprint density at radius 3 is 2.43 bits per heavy atom. The smallest absolute Gasteiger partial charge is 0.253 e. The summed E-state index contributed by atoms with van der Waals surface area (Å²) in [6, 6.07) is 5.62. The SMILES string of the molecule is O=C(c1ccncc1)N1CCC(Nc2ncccn2)CC1. The Morgan fingerprint density at radius 1 is 1.10 bits per heavy atom. The van der Waals surface area contributed by atoms with Gasteiger partial charge in [-0.2, -0.15) is 0 Å². The fourth-order valence-corrected chi connectivity index (χ4v) is 2.46. The number of likely N-dealkylation sites (tertiary alicyclic amines) is 1. The number of aromatic nitrogens is 3. The molecule has 6 heteroatoms. The number of piperidine rings is 1. The van der Waals surface area contributed by atoms with Gasteiger partial charge in [0.1, 0.15) is 0 Å². The Balaban J connectivity index is 1.54. The molecule has 1 fully saturated rings. The number of anilines is 1. The summed E-state index contributed by atoms with van der Waals surface area (Å²) in [4.78, 5) is 26.5. The monoisotopic (exact) mass is 283 g/mol. The molecule has 3 heterocycles. The third-order valence-electron chi connectivity index (χ3n) is 3.61. The molecule has 6 nitrogen and oxygen atoms in total. The summed E-state index contributed by atoms with van der Waals surface area (Å²) in [5.41, 5.74) is 0.697. The van der Waals surface area contributed by atoms with E-state index in [1.807, 2.05) is 4.90 Å². The van der Waals surface area contributed by atoms with Crippen LogP contribution in [0.2, 0.25) is 0 Å². The van der Waals surface area contributed by atoms with Gasteiger partial charge in [-0.1, -0.05) is 0 Å². The van der Waals surface area contributed by atoms with Crippen molar-refractivity contribution in [2.24, 2.45) is 0 Å². The molecule has 1 N–H and O–H groups in total. The van der Waals surface area contributed by atoms with E-state index in [0.29, 0.717) is 17.6 Å². The van der Waals surface area contributed by atoms with Gasteiger partial charge in [0.15, 0.2) is 0 Å². The van der Waals surface area contributed by atoms with Crippen LogP contribution < -0.4 is 5.32 Å². The third kappa shape index (κ3) is 3.34. The van der Waals surface area contributed by atoms with E-state index in [0.717, 1.165) is 25.9 Å². The van der Waals surface area contributed by atoms with Gasteiger partial charge < -0.3 is 10.2 Å². The van der Waals surface area contributed by atoms with Crippen LogP contribution in [-0.4, -0.2) is 44.9 Å². The topological polar surface area (TPSA) is 71.0 Å². The molecule has 21 heavy (non-hydrogen) atoms. The van der Waals surface area contributed by atoms with E-state index in [4.69, 9.17) is 0 Å². The van der Waals surface area contributed by atoms with Gasteiger partial charge >= 0.3 is 0 Å². The highest BCUT2D eigenvalue weighted by molar-refractivity contribution is 5.94. The van der Waals surface area contributed by atoms with Crippen LogP contribution in [0, 0.1) is 0 Å². The maximum absolute atomic E-state index is 12.3. The number of amides is 1. The Hall–Kier alpha value is -2.50. The second kappa shape index (κ2) is 6.30. The van der Waals surface area contributed by atoms with Gasteiger partial charge in [-0.05, 0) is 31.0 Å². The number of rotatable bonds is 3. The van der Waals surface area contributed by atoms with Gasteiger partial charge in [-0.15, -0.1) is 0 Å². The molecule has 2 aromatic heterocycles. The van der Waals surface area contributed by atoms with E-state index in [1.165, 1.54) is 0 Å². The number of pyridine rings is 1. The molecule has 0 atom stereocenters. The van der Waals surface area contributed by atoms with E-state index in [1.54, 1.807) is 43.0 Å². The Kier molecular flexibility index (Phi) is 4.04. The summed E-state index contributed by atoms with van der Waals surface area (Å²) >= 11 is 0. The predicted molar refractivity (Wildman–Crippen MR) is 78.8 cm³/mol. The zero-order valence-corrected chi connectivity index (χ0v) is 11.6. The first-order valence-corrected chi connectivity index (χ1v) is 7.06. The second-order valence-corrected chi connectivity index (χ2v) is 5.02. The van der Waals surface area contributed by atoms with E-state index < -0.39 is 0 Å². The van der Waals surface area contributed by atoms with E-state index in [-0.39, 0.29) is 5.91 Å². The van der Waals surface area contributed by atoms with Gasteiger partial charge in [0, 0.05) is 49.5 Å². The van der Waals surface area contributed by atoms with Gasteiger partial charge in [-0.3, -0.25) is 9.78 Å². The van der Waals surface area contributed by atoms with Crippen molar-refractivity contribution < 1.29 is 4.79 Å². The number of hydrogen-bond donors (Lipinski definition) is 1. The van der Waals surface area contributed by atoms with Crippen molar-refractivity contribution in [3.05, 3.63) is 48.5 Å². The Labute approximate surface area is 123 Å². The van der Waals surface area contributed by atoms with Crippen molar-refractivity contribution in [2.45, 2.75) is 18.9 Å². The number of carbonyl (C=O) groups is 1. The number of carbonyl (C=O) groups excluding carboxylic acids is 1. The zero-order chi connectivity index (χ0) is 14.5. The summed E-state index contributed by atoms with van der Waals surface area (Å²) in [7, 11) is 0. The molecule has 0 unspecified atom stereocenters. The van der Waals surface area contributed by atoms with Crippen LogP contribution in [-0.2, 0) is 0 Å². The van der Waals surface area contributed by atoms with Crippen LogP contribution in [0.15, 0.2) is 43.0 Å². The largest absolute Gasteiger partial charge is 0.351 e. The van der Waals surface area contributed by atoms with Crippen LogP contribution in [0.3, 0.4) is 0 Å². The zero-order valence-electron chi connectivity index (χ0n) is 11.6. The van der Waals surface area contributed by atoms with E-state index in [2.05, 4.69) is 20.3 Å². The molecule has 0 radical (unpaired) electrons. The first-order chi connectivity index (χ1) is 10.3. The van der Waals surface area contributed by atoms with Gasteiger partial charge in [0.25, 0.3) is 5.91 Å². The molecular weight excluding hydrogens is 266 g/mol. The van der Waals surface area contributed by atoms with Crippen molar-refractivity contribution in [3.8, 4) is 0 Å². The summed E-state index contributed by atoms with van der Waals surface area (Å²) in [5.74, 6) is 0.725. The van der Waals surface area contributed by atoms with Crippen LogP contribution >= 0.6 is 0 Å². The lowest BCUT2D eigenvalue weighted by molar-refractivity contribution is 0.0718. The van der Waals surface area contributed by atoms with E-state index >= 15 is 0 Å².